The summed E-state index contributed by atoms with van der Waals surface area (Å²) in [4.78, 5) is 24.9. The highest BCUT2D eigenvalue weighted by atomic mass is 16.8. The first-order valence-corrected chi connectivity index (χ1v) is 24.4. The maximum absolute atomic E-state index is 13.1. The van der Waals surface area contributed by atoms with Gasteiger partial charge in [-0.15, -0.1) is 0 Å². The van der Waals surface area contributed by atoms with E-state index in [0.29, 0.717) is 19.3 Å². The highest BCUT2D eigenvalue weighted by Gasteiger charge is 2.71. The van der Waals surface area contributed by atoms with Crippen LogP contribution in [-0.2, 0) is 38.0 Å². The largest absolute Gasteiger partial charge is 0.481 e. The lowest BCUT2D eigenvalue weighted by Gasteiger charge is -2.71. The van der Waals surface area contributed by atoms with Gasteiger partial charge in [0.2, 0.25) is 0 Å². The lowest BCUT2D eigenvalue weighted by molar-refractivity contribution is -0.386. The predicted octanol–water partition coefficient (Wildman–Crippen LogP) is -0.231. The van der Waals surface area contributed by atoms with Crippen LogP contribution in [0.4, 0.5) is 0 Å². The normalized spacial score (nSPS) is 53.2. The highest BCUT2D eigenvalue weighted by molar-refractivity contribution is 5.76. The minimum atomic E-state index is -2.09. The minimum absolute atomic E-state index is 0.00581. The SMILES string of the molecule is CC1(C)CC[C@]2(C(=O)O)CC[C@]3(C)C(=CC[C@@H]4[C@@]5(C)C[C@H](O)[C@H](O[C@@H]6O[C@H](CO)[C@H](O)[C@H](O[C@@H]7O[C@H](CO)[C@H](O)[C@H](O[C@@H]8O[C@H](C(=O)O)[C@@H](O)[C@H](O)[C@H]8O)[C@H]7O)[C@H]6O)C(C)(C)[C@@H]5CC[C@]43C)[C@@H]2C1. The van der Waals surface area contributed by atoms with Crippen LogP contribution in [0.25, 0.3) is 0 Å². The van der Waals surface area contributed by atoms with Crippen molar-refractivity contribution in [3.63, 3.8) is 0 Å². The molecule has 24 atom stereocenters. The topological polar surface area (TPSA) is 332 Å². The number of fused-ring (bicyclic) bond motifs is 7. The van der Waals surface area contributed by atoms with Gasteiger partial charge in [-0.25, -0.2) is 4.79 Å². The van der Waals surface area contributed by atoms with Crippen LogP contribution in [-0.4, -0.2) is 191 Å². The van der Waals surface area contributed by atoms with Gasteiger partial charge in [0, 0.05) is 0 Å². The zero-order valence-electron chi connectivity index (χ0n) is 40.0. The molecule has 0 bridgehead atoms. The fourth-order valence-corrected chi connectivity index (χ4v) is 15.3. The quantitative estimate of drug-likeness (QED) is 0.0994. The van der Waals surface area contributed by atoms with Crippen molar-refractivity contribution in [1.29, 1.82) is 0 Å². The van der Waals surface area contributed by atoms with Gasteiger partial charge < -0.3 is 89.7 Å². The van der Waals surface area contributed by atoms with Crippen LogP contribution in [0.5, 0.6) is 0 Å². The van der Waals surface area contributed by atoms with E-state index in [1.807, 2.05) is 13.8 Å². The first-order chi connectivity index (χ1) is 31.6. The summed E-state index contributed by atoms with van der Waals surface area (Å²) in [6, 6.07) is 0. The number of ether oxygens (including phenoxy) is 6. The lowest BCUT2D eigenvalue weighted by atomic mass is 9.33. The molecule has 5 aliphatic carbocycles. The van der Waals surface area contributed by atoms with E-state index < -0.39 is 146 Å². The maximum atomic E-state index is 13.1. The summed E-state index contributed by atoms with van der Waals surface area (Å²) in [5.74, 6) is -2.34. The molecule has 12 N–H and O–H groups in total. The molecule has 0 aromatic rings. The smallest absolute Gasteiger partial charge is 0.335 e. The second-order valence-electron chi connectivity index (χ2n) is 23.7. The Morgan fingerprint density at radius 1 is 0.632 bits per heavy atom. The maximum Gasteiger partial charge on any atom is 0.335 e. The lowest BCUT2D eigenvalue weighted by Crippen LogP contribution is -2.69. The van der Waals surface area contributed by atoms with Crippen molar-refractivity contribution in [2.24, 2.45) is 50.2 Å². The van der Waals surface area contributed by atoms with Crippen molar-refractivity contribution < 1.29 is 99.3 Å². The molecule has 68 heavy (non-hydrogen) atoms. The second-order valence-corrected chi connectivity index (χ2v) is 23.7. The summed E-state index contributed by atoms with van der Waals surface area (Å²) in [7, 11) is 0. The fraction of sp³-hybridized carbons (Fsp3) is 0.917. The summed E-state index contributed by atoms with van der Waals surface area (Å²) in [5, 5.41) is 130. The number of aliphatic hydroxyl groups excluding tert-OH is 10. The number of carbonyl (C=O) groups is 2. The van der Waals surface area contributed by atoms with Crippen LogP contribution >= 0.6 is 0 Å². The Kier molecular flexibility index (Phi) is 14.0. The summed E-state index contributed by atoms with van der Waals surface area (Å²) in [6.45, 7) is 13.8. The van der Waals surface area contributed by atoms with Gasteiger partial charge in [-0.1, -0.05) is 60.1 Å². The third-order valence-electron chi connectivity index (χ3n) is 19.3. The van der Waals surface area contributed by atoms with Gasteiger partial charge in [0.25, 0.3) is 0 Å². The molecule has 0 radical (unpaired) electrons. The van der Waals surface area contributed by atoms with E-state index in [2.05, 4.69) is 40.7 Å². The number of hydrogen-bond donors (Lipinski definition) is 12. The van der Waals surface area contributed by atoms with E-state index in [1.165, 1.54) is 5.57 Å². The molecule has 3 aliphatic heterocycles. The van der Waals surface area contributed by atoms with Gasteiger partial charge in [-0.3, -0.25) is 4.79 Å². The number of carboxylic acid groups (broad SMARTS) is 2. The van der Waals surface area contributed by atoms with Crippen LogP contribution in [0.3, 0.4) is 0 Å². The average Bonchev–Trinajstić information content (AvgIpc) is 3.26. The van der Waals surface area contributed by atoms with Crippen LogP contribution in [0.2, 0.25) is 0 Å². The van der Waals surface area contributed by atoms with Crippen molar-refractivity contribution in [1.82, 2.24) is 0 Å². The molecule has 3 heterocycles. The number of allylic oxidation sites excluding steroid dienone is 2. The van der Waals surface area contributed by atoms with Crippen LogP contribution in [0.15, 0.2) is 11.6 Å². The Balaban J connectivity index is 1.01. The minimum Gasteiger partial charge on any atom is -0.481 e. The molecule has 4 saturated carbocycles. The third-order valence-corrected chi connectivity index (χ3v) is 19.3. The molecule has 20 nitrogen and oxygen atoms in total. The van der Waals surface area contributed by atoms with Crippen molar-refractivity contribution in [3.8, 4) is 0 Å². The van der Waals surface area contributed by atoms with Gasteiger partial charge in [-0.05, 0) is 103 Å². The number of aliphatic carboxylic acids is 2. The van der Waals surface area contributed by atoms with Gasteiger partial charge in [0.1, 0.15) is 67.1 Å². The summed E-state index contributed by atoms with van der Waals surface area (Å²) >= 11 is 0. The van der Waals surface area contributed by atoms with Gasteiger partial charge in [0.05, 0.1) is 30.8 Å². The van der Waals surface area contributed by atoms with E-state index in [-0.39, 0.29) is 34.0 Å². The molecule has 0 amide bonds. The summed E-state index contributed by atoms with van der Waals surface area (Å²) in [6.07, 6.45) is -21.4. The van der Waals surface area contributed by atoms with Crippen LogP contribution < -0.4 is 0 Å². The Hall–Kier alpha value is -1.96. The van der Waals surface area contributed by atoms with E-state index in [0.717, 1.165) is 38.5 Å². The molecule has 0 unspecified atom stereocenters. The van der Waals surface area contributed by atoms with Crippen molar-refractivity contribution >= 4 is 11.9 Å². The number of hydrogen-bond acceptors (Lipinski definition) is 18. The van der Waals surface area contributed by atoms with Gasteiger partial charge in [-0.2, -0.15) is 0 Å². The number of carboxylic acids is 2. The Morgan fingerprint density at radius 2 is 1.18 bits per heavy atom. The van der Waals surface area contributed by atoms with Crippen molar-refractivity contribution in [2.45, 2.75) is 211 Å². The first kappa shape index (κ1) is 52.4. The molecule has 8 aliphatic rings. The molecule has 7 fully saturated rings. The van der Waals surface area contributed by atoms with Crippen molar-refractivity contribution in [3.05, 3.63) is 11.6 Å². The fourth-order valence-electron chi connectivity index (χ4n) is 15.3. The third kappa shape index (κ3) is 8.03. The standard InChI is InChI=1S/C48H76O20/c1-43(2)12-14-48(42(61)62)15-13-46(6)20(21(48)16-43)8-9-26-45(5)17-22(51)37(44(3,4)25(45)10-11-47(26,46)7)68-41-33(58)35(28(53)24(19-50)64-41)66-40-32(57)34(27(52)23(18-49)63-40)65-39-31(56)29(54)30(55)36(67-39)38(59)60/h8,21-37,39-41,49-58H,9-19H2,1-7H3,(H,59,60)(H,61,62)/t21-,22-,23+,24+,25-,26+,27-,28-,29-,30-,31+,32+,33+,34-,35-,36-,37-,39+,40-,41-,45-,46+,47+,48-/m0/s1. The Morgan fingerprint density at radius 3 is 1.72 bits per heavy atom. The Bertz CT molecular complexity index is 1910. The molecule has 0 aromatic heterocycles. The Labute approximate surface area is 396 Å². The van der Waals surface area contributed by atoms with E-state index in [4.69, 9.17) is 28.4 Å². The summed E-state index contributed by atoms with van der Waals surface area (Å²) < 4.78 is 34.9. The molecule has 0 aromatic carbocycles. The molecule has 388 valence electrons. The highest BCUT2D eigenvalue weighted by Crippen LogP contribution is 2.76. The molecular formula is C48H76O20. The molecule has 0 spiro atoms. The molecule has 20 heteroatoms. The molecule has 3 saturated heterocycles. The number of aliphatic hydroxyl groups is 10. The monoisotopic (exact) mass is 972 g/mol. The van der Waals surface area contributed by atoms with E-state index >= 15 is 0 Å². The zero-order chi connectivity index (χ0) is 50.0. The molecule has 8 rings (SSSR count). The first-order valence-electron chi connectivity index (χ1n) is 24.4. The second kappa shape index (κ2) is 18.2. The average molecular weight is 973 g/mol. The van der Waals surface area contributed by atoms with Crippen LogP contribution in [0, 0.1) is 50.2 Å². The predicted molar refractivity (Wildman–Crippen MR) is 233 cm³/mol. The van der Waals surface area contributed by atoms with E-state index in [9.17, 15) is 70.9 Å². The van der Waals surface area contributed by atoms with Gasteiger partial charge >= 0.3 is 11.9 Å². The van der Waals surface area contributed by atoms with E-state index in [1.54, 1.807) is 0 Å². The van der Waals surface area contributed by atoms with Crippen molar-refractivity contribution in [2.75, 3.05) is 13.2 Å². The molecular weight excluding hydrogens is 897 g/mol. The van der Waals surface area contributed by atoms with Gasteiger partial charge in [0.15, 0.2) is 25.0 Å². The zero-order valence-corrected chi connectivity index (χ0v) is 40.0. The summed E-state index contributed by atoms with van der Waals surface area (Å²) in [5.41, 5.74) is -1.07. The van der Waals surface area contributed by atoms with Crippen LogP contribution in [0.1, 0.15) is 106 Å². The number of rotatable bonds is 10.